The number of aliphatic hydroxyl groups is 1. The average molecular weight is 211 g/mol. The van der Waals surface area contributed by atoms with Crippen molar-refractivity contribution in [2.24, 2.45) is 0 Å². The second-order valence-corrected chi connectivity index (χ2v) is 2.54. The highest BCUT2D eigenvalue weighted by molar-refractivity contribution is 5.52. The normalized spacial score (nSPS) is 9.20. The van der Waals surface area contributed by atoms with Crippen molar-refractivity contribution in [1.82, 2.24) is 0 Å². The van der Waals surface area contributed by atoms with E-state index in [0.29, 0.717) is 6.07 Å². The monoisotopic (exact) mass is 211 g/mol. The first-order chi connectivity index (χ1) is 7.06. The molecule has 0 aromatic heterocycles. The van der Waals surface area contributed by atoms with Gasteiger partial charge in [-0.05, 0) is 0 Å². The molecule has 0 aliphatic rings. The van der Waals surface area contributed by atoms with E-state index < -0.39 is 28.8 Å². The minimum Gasteiger partial charge on any atom is -0.502 e. The van der Waals surface area contributed by atoms with E-state index in [1.54, 1.807) is 0 Å². The van der Waals surface area contributed by atoms with Crippen molar-refractivity contribution < 1.29 is 19.5 Å². The Morgan fingerprint density at radius 1 is 1.53 bits per heavy atom. The molecule has 1 aromatic carbocycles. The highest BCUT2D eigenvalue weighted by atomic mass is 19.1. The lowest BCUT2D eigenvalue weighted by molar-refractivity contribution is -0.385. The quantitative estimate of drug-likeness (QED) is 0.408. The molecule has 15 heavy (non-hydrogen) atoms. The number of phenolic OH excluding ortho intramolecular Hbond substituents is 1. The predicted octanol–water partition coefficient (Wildman–Crippen LogP) is 0.783. The van der Waals surface area contributed by atoms with Crippen LogP contribution in [0.25, 0.3) is 0 Å². The Morgan fingerprint density at radius 2 is 2.20 bits per heavy atom. The fourth-order valence-corrected chi connectivity index (χ4v) is 0.928. The number of nitro benzene ring substituents is 1. The molecule has 6 heteroatoms. The van der Waals surface area contributed by atoms with Crippen LogP contribution in [0.1, 0.15) is 5.56 Å². The van der Waals surface area contributed by atoms with Gasteiger partial charge in [0.05, 0.1) is 10.5 Å². The third kappa shape index (κ3) is 2.42. The third-order valence-corrected chi connectivity index (χ3v) is 1.56. The summed E-state index contributed by atoms with van der Waals surface area (Å²) in [4.78, 5) is 9.54. The zero-order valence-electron chi connectivity index (χ0n) is 7.40. The van der Waals surface area contributed by atoms with Crippen LogP contribution in [-0.4, -0.2) is 21.7 Å². The number of nitrogens with zero attached hydrogens (tertiary/aromatic N) is 1. The van der Waals surface area contributed by atoms with E-state index >= 15 is 0 Å². The first-order valence-corrected chi connectivity index (χ1v) is 3.83. The third-order valence-electron chi connectivity index (χ3n) is 1.56. The van der Waals surface area contributed by atoms with E-state index in [1.165, 1.54) is 0 Å². The average Bonchev–Trinajstić information content (AvgIpc) is 2.16. The summed E-state index contributed by atoms with van der Waals surface area (Å²) in [6.45, 7) is -0.478. The van der Waals surface area contributed by atoms with E-state index in [2.05, 4.69) is 11.8 Å². The molecule has 0 saturated heterocycles. The molecule has 0 radical (unpaired) electrons. The zero-order chi connectivity index (χ0) is 11.4. The number of phenols is 1. The van der Waals surface area contributed by atoms with Crippen LogP contribution in [0.4, 0.5) is 10.1 Å². The SMILES string of the molecule is O=[N+]([O-])c1cc(C#CCO)c(F)cc1O. The van der Waals surface area contributed by atoms with Gasteiger partial charge in [0.2, 0.25) is 0 Å². The summed E-state index contributed by atoms with van der Waals surface area (Å²) in [7, 11) is 0. The van der Waals surface area contributed by atoms with Crippen molar-refractivity contribution in [2.45, 2.75) is 0 Å². The number of benzene rings is 1. The minimum absolute atomic E-state index is 0.242. The van der Waals surface area contributed by atoms with Gasteiger partial charge in [0.25, 0.3) is 0 Å². The maximum atomic E-state index is 13.1. The molecule has 1 aromatic rings. The Hall–Kier alpha value is -2.13. The van der Waals surface area contributed by atoms with Crippen LogP contribution in [0.15, 0.2) is 12.1 Å². The Balaban J connectivity index is 3.29. The summed E-state index contributed by atoms with van der Waals surface area (Å²) in [6, 6.07) is 1.42. The molecule has 1 rings (SSSR count). The van der Waals surface area contributed by atoms with Crippen molar-refractivity contribution >= 4 is 5.69 Å². The lowest BCUT2D eigenvalue weighted by atomic mass is 10.2. The Kier molecular flexibility index (Phi) is 3.21. The maximum Gasteiger partial charge on any atom is 0.312 e. The van der Waals surface area contributed by atoms with Crippen LogP contribution >= 0.6 is 0 Å². The molecule has 0 aliphatic carbocycles. The fourth-order valence-electron chi connectivity index (χ4n) is 0.928. The summed E-state index contributed by atoms with van der Waals surface area (Å²) < 4.78 is 13.1. The number of hydrogen-bond donors (Lipinski definition) is 2. The number of halogens is 1. The standard InChI is InChI=1S/C9H6FNO4/c10-7-5-9(13)8(11(14)15)4-6(7)2-1-3-12/h4-5,12-13H,3H2. The topological polar surface area (TPSA) is 83.6 Å². The van der Waals surface area contributed by atoms with Gasteiger partial charge in [-0.15, -0.1) is 0 Å². The maximum absolute atomic E-state index is 13.1. The van der Waals surface area contributed by atoms with Crippen LogP contribution in [0.3, 0.4) is 0 Å². The molecule has 0 atom stereocenters. The van der Waals surface area contributed by atoms with Gasteiger partial charge in [-0.1, -0.05) is 11.8 Å². The largest absolute Gasteiger partial charge is 0.502 e. The smallest absolute Gasteiger partial charge is 0.312 e. The van der Waals surface area contributed by atoms with Gasteiger partial charge in [-0.2, -0.15) is 0 Å². The molecule has 0 saturated carbocycles. The lowest BCUT2D eigenvalue weighted by Gasteiger charge is -1.98. The Bertz CT molecular complexity index is 461. The second kappa shape index (κ2) is 4.39. The number of hydrogen-bond acceptors (Lipinski definition) is 4. The van der Waals surface area contributed by atoms with Crippen LogP contribution < -0.4 is 0 Å². The predicted molar refractivity (Wildman–Crippen MR) is 48.7 cm³/mol. The number of nitro groups is 1. The highest BCUT2D eigenvalue weighted by Gasteiger charge is 2.16. The van der Waals surface area contributed by atoms with Crippen LogP contribution in [-0.2, 0) is 0 Å². The van der Waals surface area contributed by atoms with Gasteiger partial charge in [-0.25, -0.2) is 4.39 Å². The van der Waals surface area contributed by atoms with E-state index in [0.717, 1.165) is 6.07 Å². The summed E-state index contributed by atoms with van der Waals surface area (Å²) >= 11 is 0. The number of rotatable bonds is 1. The first-order valence-electron chi connectivity index (χ1n) is 3.83. The fraction of sp³-hybridized carbons (Fsp3) is 0.111. The molecule has 78 valence electrons. The molecule has 0 unspecified atom stereocenters. The van der Waals surface area contributed by atoms with E-state index in [9.17, 15) is 14.5 Å². The van der Waals surface area contributed by atoms with Crippen LogP contribution in [0, 0.1) is 27.8 Å². The van der Waals surface area contributed by atoms with E-state index in [1.807, 2.05) is 0 Å². The lowest BCUT2D eigenvalue weighted by Crippen LogP contribution is -1.92. The molecular weight excluding hydrogens is 205 g/mol. The van der Waals surface area contributed by atoms with Crippen molar-refractivity contribution in [3.63, 3.8) is 0 Å². The molecule has 0 bridgehead atoms. The molecular formula is C9H6FNO4. The number of aliphatic hydroxyl groups excluding tert-OH is 1. The van der Waals surface area contributed by atoms with Crippen molar-refractivity contribution in [1.29, 1.82) is 0 Å². The van der Waals surface area contributed by atoms with Crippen molar-refractivity contribution in [3.8, 4) is 17.6 Å². The van der Waals surface area contributed by atoms with E-state index in [-0.39, 0.29) is 5.56 Å². The van der Waals surface area contributed by atoms with E-state index in [4.69, 9.17) is 10.2 Å². The molecule has 2 N–H and O–H groups in total. The summed E-state index contributed by atoms with van der Waals surface area (Å²) in [5.74, 6) is 2.71. The summed E-state index contributed by atoms with van der Waals surface area (Å²) in [6.07, 6.45) is 0. The van der Waals surface area contributed by atoms with Gasteiger partial charge >= 0.3 is 5.69 Å². The molecule has 0 fully saturated rings. The zero-order valence-corrected chi connectivity index (χ0v) is 7.40. The molecule has 0 amide bonds. The Morgan fingerprint density at radius 3 is 2.73 bits per heavy atom. The minimum atomic E-state index is -0.876. The van der Waals surface area contributed by atoms with Gasteiger partial charge in [0.1, 0.15) is 12.4 Å². The molecule has 5 nitrogen and oxygen atoms in total. The summed E-state index contributed by atoms with van der Waals surface area (Å²) in [5.41, 5.74) is -0.868. The summed E-state index contributed by atoms with van der Waals surface area (Å²) in [5, 5.41) is 27.8. The van der Waals surface area contributed by atoms with Crippen molar-refractivity contribution in [2.75, 3.05) is 6.61 Å². The number of aromatic hydroxyl groups is 1. The highest BCUT2D eigenvalue weighted by Crippen LogP contribution is 2.28. The molecule has 0 aliphatic heterocycles. The van der Waals surface area contributed by atoms with Crippen LogP contribution in [0.2, 0.25) is 0 Å². The van der Waals surface area contributed by atoms with Crippen molar-refractivity contribution in [3.05, 3.63) is 33.6 Å². The van der Waals surface area contributed by atoms with Gasteiger partial charge < -0.3 is 10.2 Å². The second-order valence-electron chi connectivity index (χ2n) is 2.54. The molecule has 0 heterocycles. The van der Waals surface area contributed by atoms with Crippen LogP contribution in [0.5, 0.6) is 5.75 Å². The first kappa shape index (κ1) is 10.9. The van der Waals surface area contributed by atoms with Gasteiger partial charge in [0.15, 0.2) is 5.75 Å². The van der Waals surface area contributed by atoms with Gasteiger partial charge in [0, 0.05) is 12.1 Å². The Labute approximate surface area is 83.9 Å². The molecule has 0 spiro atoms. The van der Waals surface area contributed by atoms with Gasteiger partial charge in [-0.3, -0.25) is 10.1 Å².